The third kappa shape index (κ3) is 3.86. The van der Waals surface area contributed by atoms with Crippen LogP contribution in [-0.2, 0) is 0 Å². The molecule has 0 saturated heterocycles. The fraction of sp³-hybridized carbons (Fsp3) is 0.455. The average Bonchev–Trinajstić information content (AvgIpc) is 2.30. The standard InChI is InChI=1S/C11H18N4O/c1-3-13-11(16)10-8-9(4-5-15-10)14-7-6-12-2/h4-5,8,12H,3,6-7H2,1-2H3,(H,13,16)(H,14,15). The predicted molar refractivity (Wildman–Crippen MR) is 64.7 cm³/mol. The second kappa shape index (κ2) is 6.79. The van der Waals surface area contributed by atoms with Gasteiger partial charge in [0, 0.05) is 31.5 Å². The van der Waals surface area contributed by atoms with Crippen molar-refractivity contribution in [2.45, 2.75) is 6.92 Å². The molecule has 0 radical (unpaired) electrons. The van der Waals surface area contributed by atoms with Crippen LogP contribution in [0.2, 0.25) is 0 Å². The molecule has 16 heavy (non-hydrogen) atoms. The quantitative estimate of drug-likeness (QED) is 0.612. The molecular weight excluding hydrogens is 204 g/mol. The molecule has 0 bridgehead atoms. The van der Waals surface area contributed by atoms with Gasteiger partial charge in [-0.15, -0.1) is 0 Å². The number of nitrogens with one attached hydrogen (secondary N) is 3. The molecular formula is C11H18N4O. The summed E-state index contributed by atoms with van der Waals surface area (Å²) in [5.74, 6) is -0.139. The van der Waals surface area contributed by atoms with E-state index in [1.807, 2.05) is 20.0 Å². The summed E-state index contributed by atoms with van der Waals surface area (Å²) < 4.78 is 0. The van der Waals surface area contributed by atoms with Crippen molar-refractivity contribution in [2.75, 3.05) is 32.0 Å². The smallest absolute Gasteiger partial charge is 0.269 e. The van der Waals surface area contributed by atoms with Gasteiger partial charge >= 0.3 is 0 Å². The SMILES string of the molecule is CCNC(=O)c1cc(NCCNC)ccn1. The molecule has 3 N–H and O–H groups in total. The highest BCUT2D eigenvalue weighted by molar-refractivity contribution is 5.93. The third-order valence-electron chi connectivity index (χ3n) is 2.03. The van der Waals surface area contributed by atoms with Gasteiger partial charge in [-0.3, -0.25) is 9.78 Å². The van der Waals surface area contributed by atoms with Crippen LogP contribution >= 0.6 is 0 Å². The predicted octanol–water partition coefficient (Wildman–Crippen LogP) is 0.463. The van der Waals surface area contributed by atoms with Gasteiger partial charge in [-0.25, -0.2) is 0 Å². The first kappa shape index (κ1) is 12.4. The van der Waals surface area contributed by atoms with E-state index >= 15 is 0 Å². The Hall–Kier alpha value is -1.62. The number of nitrogens with zero attached hydrogens (tertiary/aromatic N) is 1. The maximum atomic E-state index is 11.5. The minimum absolute atomic E-state index is 0.139. The molecule has 1 heterocycles. The first-order valence-electron chi connectivity index (χ1n) is 5.40. The lowest BCUT2D eigenvalue weighted by Gasteiger charge is -2.07. The van der Waals surface area contributed by atoms with Crippen molar-refractivity contribution >= 4 is 11.6 Å². The van der Waals surface area contributed by atoms with Crippen LogP contribution in [0, 0.1) is 0 Å². The number of carbonyl (C=O) groups excluding carboxylic acids is 1. The van der Waals surface area contributed by atoms with E-state index in [1.165, 1.54) is 0 Å². The van der Waals surface area contributed by atoms with Crippen LogP contribution in [0.15, 0.2) is 18.3 Å². The van der Waals surface area contributed by atoms with Crippen LogP contribution < -0.4 is 16.0 Å². The highest BCUT2D eigenvalue weighted by Crippen LogP contribution is 2.07. The van der Waals surface area contributed by atoms with E-state index in [1.54, 1.807) is 12.3 Å². The molecule has 1 aromatic heterocycles. The molecule has 0 atom stereocenters. The monoisotopic (exact) mass is 222 g/mol. The summed E-state index contributed by atoms with van der Waals surface area (Å²) in [6, 6.07) is 3.60. The van der Waals surface area contributed by atoms with E-state index in [9.17, 15) is 4.79 Å². The number of hydrogen-bond donors (Lipinski definition) is 3. The van der Waals surface area contributed by atoms with E-state index < -0.39 is 0 Å². The largest absolute Gasteiger partial charge is 0.384 e. The number of carbonyl (C=O) groups is 1. The Morgan fingerprint density at radius 1 is 1.44 bits per heavy atom. The van der Waals surface area contributed by atoms with Gasteiger partial charge in [-0.2, -0.15) is 0 Å². The summed E-state index contributed by atoms with van der Waals surface area (Å²) in [5.41, 5.74) is 1.35. The lowest BCUT2D eigenvalue weighted by molar-refractivity contribution is 0.0951. The Bertz CT molecular complexity index is 341. The fourth-order valence-electron chi connectivity index (χ4n) is 1.25. The van der Waals surface area contributed by atoms with E-state index in [2.05, 4.69) is 20.9 Å². The van der Waals surface area contributed by atoms with Gasteiger partial charge in [-0.1, -0.05) is 0 Å². The van der Waals surface area contributed by atoms with Crippen molar-refractivity contribution in [2.24, 2.45) is 0 Å². The summed E-state index contributed by atoms with van der Waals surface area (Å²) in [4.78, 5) is 15.5. The second-order valence-electron chi connectivity index (χ2n) is 3.32. The van der Waals surface area contributed by atoms with Crippen LogP contribution in [0.3, 0.4) is 0 Å². The van der Waals surface area contributed by atoms with Gasteiger partial charge in [0.15, 0.2) is 0 Å². The summed E-state index contributed by atoms with van der Waals surface area (Å²) in [7, 11) is 1.90. The number of anilines is 1. The molecule has 0 fully saturated rings. The van der Waals surface area contributed by atoms with Gasteiger partial charge in [-0.05, 0) is 26.1 Å². The molecule has 0 aliphatic rings. The molecule has 5 heteroatoms. The Morgan fingerprint density at radius 2 is 2.25 bits per heavy atom. The normalized spacial score (nSPS) is 9.88. The highest BCUT2D eigenvalue weighted by Gasteiger charge is 2.05. The van der Waals surface area contributed by atoms with Gasteiger partial charge in [0.2, 0.25) is 0 Å². The van der Waals surface area contributed by atoms with Gasteiger partial charge in [0.05, 0.1) is 0 Å². The van der Waals surface area contributed by atoms with Crippen LogP contribution in [0.1, 0.15) is 17.4 Å². The maximum Gasteiger partial charge on any atom is 0.269 e. The molecule has 88 valence electrons. The zero-order valence-electron chi connectivity index (χ0n) is 9.71. The molecule has 1 amide bonds. The Kier molecular flexibility index (Phi) is 5.28. The van der Waals surface area contributed by atoms with Crippen molar-refractivity contribution in [1.82, 2.24) is 15.6 Å². The number of hydrogen-bond acceptors (Lipinski definition) is 4. The van der Waals surface area contributed by atoms with E-state index in [0.717, 1.165) is 18.8 Å². The number of pyridine rings is 1. The molecule has 1 aromatic rings. The number of likely N-dealkylation sites (N-methyl/N-ethyl adjacent to an activating group) is 1. The minimum atomic E-state index is -0.139. The second-order valence-corrected chi connectivity index (χ2v) is 3.32. The Labute approximate surface area is 95.7 Å². The Morgan fingerprint density at radius 3 is 2.94 bits per heavy atom. The van der Waals surface area contributed by atoms with E-state index in [-0.39, 0.29) is 5.91 Å². The number of amides is 1. The van der Waals surface area contributed by atoms with Crippen molar-refractivity contribution < 1.29 is 4.79 Å². The van der Waals surface area contributed by atoms with Crippen molar-refractivity contribution in [3.8, 4) is 0 Å². The average molecular weight is 222 g/mol. The van der Waals surface area contributed by atoms with E-state index in [4.69, 9.17) is 0 Å². The first-order valence-corrected chi connectivity index (χ1v) is 5.40. The van der Waals surface area contributed by atoms with Crippen LogP contribution in [0.25, 0.3) is 0 Å². The van der Waals surface area contributed by atoms with Crippen LogP contribution in [0.4, 0.5) is 5.69 Å². The molecule has 0 saturated carbocycles. The minimum Gasteiger partial charge on any atom is -0.384 e. The highest BCUT2D eigenvalue weighted by atomic mass is 16.1. The summed E-state index contributed by atoms with van der Waals surface area (Å²) in [6.07, 6.45) is 1.63. The number of rotatable bonds is 6. The molecule has 0 unspecified atom stereocenters. The summed E-state index contributed by atoms with van der Waals surface area (Å²) in [5, 5.41) is 8.95. The molecule has 0 aliphatic carbocycles. The van der Waals surface area contributed by atoms with Gasteiger partial charge in [0.25, 0.3) is 5.91 Å². The van der Waals surface area contributed by atoms with Gasteiger partial charge < -0.3 is 16.0 Å². The van der Waals surface area contributed by atoms with Crippen molar-refractivity contribution in [3.05, 3.63) is 24.0 Å². The molecule has 5 nitrogen and oxygen atoms in total. The molecule has 0 aromatic carbocycles. The molecule has 1 rings (SSSR count). The van der Waals surface area contributed by atoms with E-state index in [0.29, 0.717) is 12.2 Å². The summed E-state index contributed by atoms with van der Waals surface area (Å²) in [6.45, 7) is 4.18. The first-order chi connectivity index (χ1) is 7.77. The Balaban J connectivity index is 2.60. The lowest BCUT2D eigenvalue weighted by atomic mass is 10.3. The fourth-order valence-corrected chi connectivity index (χ4v) is 1.25. The van der Waals surface area contributed by atoms with Crippen LogP contribution in [-0.4, -0.2) is 37.6 Å². The third-order valence-corrected chi connectivity index (χ3v) is 2.03. The zero-order valence-corrected chi connectivity index (χ0v) is 9.71. The maximum absolute atomic E-state index is 11.5. The van der Waals surface area contributed by atoms with Gasteiger partial charge in [0.1, 0.15) is 5.69 Å². The number of aromatic nitrogens is 1. The lowest BCUT2D eigenvalue weighted by Crippen LogP contribution is -2.24. The van der Waals surface area contributed by atoms with Crippen molar-refractivity contribution in [1.29, 1.82) is 0 Å². The molecule has 0 aliphatic heterocycles. The molecule has 0 spiro atoms. The summed E-state index contributed by atoms with van der Waals surface area (Å²) >= 11 is 0. The zero-order chi connectivity index (χ0) is 11.8. The topological polar surface area (TPSA) is 66.1 Å². The van der Waals surface area contributed by atoms with Crippen LogP contribution in [0.5, 0.6) is 0 Å². The van der Waals surface area contributed by atoms with Crippen molar-refractivity contribution in [3.63, 3.8) is 0 Å².